The maximum absolute atomic E-state index is 13.8. The zero-order chi connectivity index (χ0) is 14.1. The number of hydrogen-bond acceptors (Lipinski definition) is 3. The number of pyridine rings is 1. The molecule has 20 heavy (non-hydrogen) atoms. The molecule has 3 rings (SSSR count). The van der Waals surface area contributed by atoms with Gasteiger partial charge in [0, 0.05) is 43.5 Å². The van der Waals surface area contributed by atoms with Gasteiger partial charge in [-0.05, 0) is 25.0 Å². The Morgan fingerprint density at radius 3 is 3.00 bits per heavy atom. The van der Waals surface area contributed by atoms with Crippen molar-refractivity contribution < 1.29 is 13.5 Å². The van der Waals surface area contributed by atoms with Crippen LogP contribution in [0, 0.1) is 11.6 Å². The summed E-state index contributed by atoms with van der Waals surface area (Å²) in [7, 11) is 1.69. The molecular formula is C15H16F2N2O. The molecule has 5 heteroatoms. The summed E-state index contributed by atoms with van der Waals surface area (Å²) in [6, 6.07) is 4.02. The molecule has 0 N–H and O–H groups in total. The fourth-order valence-corrected chi connectivity index (χ4v) is 2.79. The summed E-state index contributed by atoms with van der Waals surface area (Å²) in [6.07, 6.45) is 3.74. The second kappa shape index (κ2) is 5.32. The van der Waals surface area contributed by atoms with Gasteiger partial charge in [-0.15, -0.1) is 0 Å². The summed E-state index contributed by atoms with van der Waals surface area (Å²) in [6.45, 7) is 1.59. The Bertz CT molecular complexity index is 633. The van der Waals surface area contributed by atoms with E-state index in [1.165, 1.54) is 6.07 Å². The molecule has 1 aromatic heterocycles. The lowest BCUT2D eigenvalue weighted by molar-refractivity contribution is 0.0894. The number of anilines is 1. The van der Waals surface area contributed by atoms with Gasteiger partial charge >= 0.3 is 0 Å². The first-order chi connectivity index (χ1) is 9.69. The van der Waals surface area contributed by atoms with Crippen LogP contribution in [0.1, 0.15) is 12.8 Å². The van der Waals surface area contributed by atoms with Gasteiger partial charge in [0.2, 0.25) is 0 Å². The minimum Gasteiger partial charge on any atom is -0.380 e. The number of piperidine rings is 1. The average molecular weight is 278 g/mol. The molecule has 2 aromatic rings. The van der Waals surface area contributed by atoms with Crippen LogP contribution in [0.3, 0.4) is 0 Å². The van der Waals surface area contributed by atoms with E-state index in [0.29, 0.717) is 5.39 Å². The van der Waals surface area contributed by atoms with Crippen molar-refractivity contribution in [2.45, 2.75) is 18.9 Å². The molecule has 1 aliphatic rings. The first-order valence-corrected chi connectivity index (χ1v) is 6.70. The molecule has 2 heterocycles. The Morgan fingerprint density at radius 2 is 2.20 bits per heavy atom. The molecule has 1 aliphatic heterocycles. The summed E-state index contributed by atoms with van der Waals surface area (Å²) in [5.41, 5.74) is 1.03. The molecule has 0 spiro atoms. The number of fused-ring (bicyclic) bond motifs is 1. The van der Waals surface area contributed by atoms with E-state index in [0.717, 1.165) is 37.7 Å². The van der Waals surface area contributed by atoms with E-state index in [-0.39, 0.29) is 11.6 Å². The summed E-state index contributed by atoms with van der Waals surface area (Å²) in [4.78, 5) is 6.13. The highest BCUT2D eigenvalue weighted by Crippen LogP contribution is 2.30. The second-order valence-corrected chi connectivity index (χ2v) is 5.06. The molecule has 1 saturated heterocycles. The highest BCUT2D eigenvalue weighted by atomic mass is 19.1. The Hall–Kier alpha value is -1.75. The topological polar surface area (TPSA) is 25.4 Å². The van der Waals surface area contributed by atoms with Gasteiger partial charge < -0.3 is 9.64 Å². The van der Waals surface area contributed by atoms with Crippen molar-refractivity contribution in [1.82, 2.24) is 4.98 Å². The molecular weight excluding hydrogens is 262 g/mol. The van der Waals surface area contributed by atoms with Crippen molar-refractivity contribution >= 4 is 16.6 Å². The van der Waals surface area contributed by atoms with Gasteiger partial charge in [-0.2, -0.15) is 0 Å². The number of benzene rings is 1. The molecule has 1 unspecified atom stereocenters. The fraction of sp³-hybridized carbons (Fsp3) is 0.400. The van der Waals surface area contributed by atoms with E-state index >= 15 is 0 Å². The smallest absolute Gasteiger partial charge is 0.152 e. The highest BCUT2D eigenvalue weighted by molar-refractivity contribution is 5.92. The standard InChI is InChI=1S/C15H16F2N2O/c1-20-11-3-2-6-19(9-11)14-4-5-18-15-12(14)7-10(16)8-13(15)17/h4-5,7-8,11H,2-3,6,9H2,1H3. The second-order valence-electron chi connectivity index (χ2n) is 5.06. The molecule has 0 amide bonds. The Balaban J connectivity index is 2.07. The van der Waals surface area contributed by atoms with Crippen LogP contribution in [0.4, 0.5) is 14.5 Å². The molecule has 3 nitrogen and oxygen atoms in total. The SMILES string of the molecule is COC1CCCN(c2ccnc3c(F)cc(F)cc23)C1. The van der Waals surface area contributed by atoms with E-state index < -0.39 is 11.6 Å². The van der Waals surface area contributed by atoms with Gasteiger partial charge in [-0.1, -0.05) is 0 Å². The Labute approximate surface area is 116 Å². The molecule has 0 saturated carbocycles. The minimum atomic E-state index is -0.623. The van der Waals surface area contributed by atoms with E-state index in [9.17, 15) is 8.78 Å². The Morgan fingerprint density at radius 1 is 1.35 bits per heavy atom. The van der Waals surface area contributed by atoms with Gasteiger partial charge in [-0.3, -0.25) is 4.98 Å². The van der Waals surface area contributed by atoms with Crippen molar-refractivity contribution in [1.29, 1.82) is 0 Å². The van der Waals surface area contributed by atoms with Gasteiger partial charge in [0.1, 0.15) is 11.3 Å². The summed E-state index contributed by atoms with van der Waals surface area (Å²) in [5.74, 6) is -1.20. The fourth-order valence-electron chi connectivity index (χ4n) is 2.79. The summed E-state index contributed by atoms with van der Waals surface area (Å²) in [5, 5.41) is 0.516. The molecule has 0 aliphatic carbocycles. The summed E-state index contributed by atoms with van der Waals surface area (Å²) >= 11 is 0. The van der Waals surface area contributed by atoms with E-state index in [4.69, 9.17) is 4.74 Å². The van der Waals surface area contributed by atoms with Crippen LogP contribution in [0.25, 0.3) is 10.9 Å². The van der Waals surface area contributed by atoms with Crippen LogP contribution in [0.5, 0.6) is 0 Å². The van der Waals surface area contributed by atoms with Crippen molar-refractivity contribution in [3.05, 3.63) is 36.0 Å². The third-order valence-electron chi connectivity index (χ3n) is 3.79. The molecule has 106 valence electrons. The van der Waals surface area contributed by atoms with Crippen LogP contribution in [0.2, 0.25) is 0 Å². The van der Waals surface area contributed by atoms with Gasteiger partial charge in [0.05, 0.1) is 6.10 Å². The lowest BCUT2D eigenvalue weighted by atomic mass is 10.1. The Kier molecular flexibility index (Phi) is 3.53. The zero-order valence-electron chi connectivity index (χ0n) is 11.3. The van der Waals surface area contributed by atoms with Crippen molar-refractivity contribution in [3.8, 4) is 0 Å². The van der Waals surface area contributed by atoms with Crippen LogP contribution < -0.4 is 4.90 Å². The quantitative estimate of drug-likeness (QED) is 0.844. The maximum Gasteiger partial charge on any atom is 0.152 e. The largest absolute Gasteiger partial charge is 0.380 e. The van der Waals surface area contributed by atoms with Gasteiger partial charge in [0.25, 0.3) is 0 Å². The lowest BCUT2D eigenvalue weighted by Crippen LogP contribution is -2.39. The predicted octanol–water partition coefficient (Wildman–Crippen LogP) is 3.13. The highest BCUT2D eigenvalue weighted by Gasteiger charge is 2.22. The van der Waals surface area contributed by atoms with E-state index in [1.54, 1.807) is 19.4 Å². The van der Waals surface area contributed by atoms with E-state index in [2.05, 4.69) is 9.88 Å². The van der Waals surface area contributed by atoms with Crippen molar-refractivity contribution in [3.63, 3.8) is 0 Å². The van der Waals surface area contributed by atoms with Crippen LogP contribution >= 0.6 is 0 Å². The third kappa shape index (κ3) is 2.33. The number of nitrogens with zero attached hydrogens (tertiary/aromatic N) is 2. The summed E-state index contributed by atoms with van der Waals surface area (Å²) < 4.78 is 32.7. The van der Waals surface area contributed by atoms with Crippen LogP contribution in [-0.4, -0.2) is 31.3 Å². The minimum absolute atomic E-state index is 0.158. The normalized spacial score (nSPS) is 19.6. The number of rotatable bonds is 2. The predicted molar refractivity (Wildman–Crippen MR) is 73.9 cm³/mol. The molecule has 1 fully saturated rings. The van der Waals surface area contributed by atoms with Crippen molar-refractivity contribution in [2.24, 2.45) is 0 Å². The monoisotopic (exact) mass is 278 g/mol. The number of halogens is 2. The van der Waals surface area contributed by atoms with E-state index in [1.807, 2.05) is 0 Å². The molecule has 0 bridgehead atoms. The third-order valence-corrected chi connectivity index (χ3v) is 3.79. The number of ether oxygens (including phenoxy) is 1. The maximum atomic E-state index is 13.8. The number of methoxy groups -OCH3 is 1. The molecule has 1 atom stereocenters. The van der Waals surface area contributed by atoms with Gasteiger partial charge in [0.15, 0.2) is 5.82 Å². The lowest BCUT2D eigenvalue weighted by Gasteiger charge is -2.34. The molecule has 1 aromatic carbocycles. The average Bonchev–Trinajstić information content (AvgIpc) is 2.46. The van der Waals surface area contributed by atoms with Crippen molar-refractivity contribution in [2.75, 3.05) is 25.1 Å². The number of aromatic nitrogens is 1. The van der Waals surface area contributed by atoms with Crippen LogP contribution in [-0.2, 0) is 4.74 Å². The zero-order valence-corrected chi connectivity index (χ0v) is 11.3. The number of hydrogen-bond donors (Lipinski definition) is 0. The molecule has 0 radical (unpaired) electrons. The van der Waals surface area contributed by atoms with Crippen LogP contribution in [0.15, 0.2) is 24.4 Å². The first-order valence-electron chi connectivity index (χ1n) is 6.70. The first kappa shape index (κ1) is 13.2. The van der Waals surface area contributed by atoms with Gasteiger partial charge in [-0.25, -0.2) is 8.78 Å².